The highest BCUT2D eigenvalue weighted by molar-refractivity contribution is 5.68. The highest BCUT2D eigenvalue weighted by Gasteiger charge is 2.18. The summed E-state index contributed by atoms with van der Waals surface area (Å²) in [6, 6.07) is 7.98. The summed E-state index contributed by atoms with van der Waals surface area (Å²) < 4.78 is 5.24. The van der Waals surface area contributed by atoms with Gasteiger partial charge in [0.1, 0.15) is 5.60 Å². The van der Waals surface area contributed by atoms with Gasteiger partial charge in [-0.2, -0.15) is 0 Å². The summed E-state index contributed by atoms with van der Waals surface area (Å²) in [5, 5.41) is 2.83. The van der Waals surface area contributed by atoms with Crippen molar-refractivity contribution in [3.8, 4) is 0 Å². The molecule has 106 valence electrons. The average Bonchev–Trinajstić information content (AvgIpc) is 2.27. The fraction of sp³-hybridized carbons (Fsp3) is 0.533. The molecule has 1 aromatic carbocycles. The lowest BCUT2D eigenvalue weighted by Crippen LogP contribution is -2.34. The normalized spacial score (nSPS) is 12.9. The van der Waals surface area contributed by atoms with Gasteiger partial charge in [0.05, 0.1) is 6.04 Å². The van der Waals surface area contributed by atoms with Crippen LogP contribution in [0.15, 0.2) is 24.3 Å². The van der Waals surface area contributed by atoms with E-state index in [4.69, 9.17) is 10.5 Å². The van der Waals surface area contributed by atoms with Gasteiger partial charge in [0.2, 0.25) is 0 Å². The fourth-order valence-corrected chi connectivity index (χ4v) is 1.75. The van der Waals surface area contributed by atoms with E-state index in [1.54, 1.807) is 0 Å². The first-order valence-electron chi connectivity index (χ1n) is 6.60. The van der Waals surface area contributed by atoms with Crippen molar-refractivity contribution in [3.63, 3.8) is 0 Å². The number of rotatable bonds is 4. The molecule has 1 unspecified atom stereocenters. The van der Waals surface area contributed by atoms with Gasteiger partial charge in [-0.1, -0.05) is 24.3 Å². The monoisotopic (exact) mass is 264 g/mol. The minimum absolute atomic E-state index is 0.0902. The average molecular weight is 264 g/mol. The third-order valence-electron chi connectivity index (χ3n) is 2.62. The summed E-state index contributed by atoms with van der Waals surface area (Å²) in [5.41, 5.74) is 7.30. The van der Waals surface area contributed by atoms with Crippen molar-refractivity contribution in [2.24, 2.45) is 5.73 Å². The highest BCUT2D eigenvalue weighted by atomic mass is 16.6. The molecule has 1 amide bonds. The van der Waals surface area contributed by atoms with Crippen LogP contribution in [-0.4, -0.2) is 18.2 Å². The molecule has 0 spiro atoms. The Morgan fingerprint density at radius 3 is 2.68 bits per heavy atom. The smallest absolute Gasteiger partial charge is 0.408 e. The number of carbonyl (C=O) groups is 1. The van der Waals surface area contributed by atoms with E-state index in [1.165, 1.54) is 5.56 Å². The lowest BCUT2D eigenvalue weighted by molar-refractivity contribution is 0.0508. The van der Waals surface area contributed by atoms with Gasteiger partial charge in [0.25, 0.3) is 0 Å². The van der Waals surface area contributed by atoms with Crippen molar-refractivity contribution in [1.82, 2.24) is 5.32 Å². The summed E-state index contributed by atoms with van der Waals surface area (Å²) in [7, 11) is 0. The maximum atomic E-state index is 11.7. The van der Waals surface area contributed by atoms with Gasteiger partial charge in [-0.25, -0.2) is 4.79 Å². The summed E-state index contributed by atoms with van der Waals surface area (Å²) >= 11 is 0. The molecule has 0 saturated carbocycles. The predicted octanol–water partition coefficient (Wildman–Crippen LogP) is 2.77. The van der Waals surface area contributed by atoms with Crippen LogP contribution in [0, 0.1) is 0 Å². The second-order valence-corrected chi connectivity index (χ2v) is 5.65. The molecule has 0 fully saturated rings. The minimum atomic E-state index is -0.481. The Balaban J connectivity index is 2.64. The molecule has 3 N–H and O–H groups in total. The first-order valence-corrected chi connectivity index (χ1v) is 6.60. The molecular weight excluding hydrogens is 240 g/mol. The quantitative estimate of drug-likeness (QED) is 0.879. The van der Waals surface area contributed by atoms with E-state index in [9.17, 15) is 4.79 Å². The molecule has 0 aromatic heterocycles. The summed E-state index contributed by atoms with van der Waals surface area (Å²) in [4.78, 5) is 11.7. The Bertz CT molecular complexity index is 424. The number of benzene rings is 1. The largest absolute Gasteiger partial charge is 0.444 e. The first kappa shape index (κ1) is 15.5. The minimum Gasteiger partial charge on any atom is -0.444 e. The molecule has 0 aliphatic rings. The number of nitrogens with one attached hydrogen (secondary N) is 1. The van der Waals surface area contributed by atoms with Crippen molar-refractivity contribution in [2.75, 3.05) is 6.54 Å². The Hall–Kier alpha value is -1.55. The third-order valence-corrected chi connectivity index (χ3v) is 2.62. The third kappa shape index (κ3) is 5.75. The van der Waals surface area contributed by atoms with Gasteiger partial charge < -0.3 is 15.8 Å². The van der Waals surface area contributed by atoms with Crippen LogP contribution in [0.5, 0.6) is 0 Å². The Kier molecular flexibility index (Phi) is 5.36. The number of hydrogen-bond acceptors (Lipinski definition) is 3. The van der Waals surface area contributed by atoms with Crippen molar-refractivity contribution in [3.05, 3.63) is 35.4 Å². The molecule has 1 aromatic rings. The van der Waals surface area contributed by atoms with Crippen molar-refractivity contribution in [2.45, 2.75) is 45.8 Å². The molecule has 0 aliphatic carbocycles. The Morgan fingerprint density at radius 2 is 2.11 bits per heavy atom. The molecule has 0 bridgehead atoms. The van der Waals surface area contributed by atoms with Crippen LogP contribution in [0.3, 0.4) is 0 Å². The number of carbonyl (C=O) groups excluding carboxylic acids is 1. The van der Waals surface area contributed by atoms with Crippen molar-refractivity contribution < 1.29 is 9.53 Å². The second-order valence-electron chi connectivity index (χ2n) is 5.65. The van der Waals surface area contributed by atoms with Crippen LogP contribution in [0.1, 0.15) is 44.9 Å². The fourth-order valence-electron chi connectivity index (χ4n) is 1.75. The second kappa shape index (κ2) is 6.57. The topological polar surface area (TPSA) is 64.3 Å². The SMILES string of the molecule is CC(NC(=O)OC(C)(C)C)c1cccc(CCN)c1. The number of hydrogen-bond donors (Lipinski definition) is 2. The van der Waals surface area contributed by atoms with Gasteiger partial charge in [-0.3, -0.25) is 0 Å². The molecule has 0 heterocycles. The van der Waals surface area contributed by atoms with Crippen LogP contribution in [0.4, 0.5) is 4.79 Å². The van der Waals surface area contributed by atoms with Crippen LogP contribution >= 0.6 is 0 Å². The lowest BCUT2D eigenvalue weighted by Gasteiger charge is -2.22. The molecule has 0 saturated heterocycles. The van der Waals surface area contributed by atoms with E-state index in [0.717, 1.165) is 12.0 Å². The number of nitrogens with two attached hydrogens (primary N) is 1. The van der Waals surface area contributed by atoms with E-state index in [0.29, 0.717) is 6.54 Å². The summed E-state index contributed by atoms with van der Waals surface area (Å²) in [6.07, 6.45) is 0.441. The van der Waals surface area contributed by atoms with E-state index in [2.05, 4.69) is 11.4 Å². The van der Waals surface area contributed by atoms with Gasteiger partial charge in [-0.15, -0.1) is 0 Å². The van der Waals surface area contributed by atoms with Crippen molar-refractivity contribution >= 4 is 6.09 Å². The van der Waals surface area contributed by atoms with Gasteiger partial charge in [-0.05, 0) is 51.8 Å². The van der Waals surface area contributed by atoms with Crippen LogP contribution in [-0.2, 0) is 11.2 Å². The van der Waals surface area contributed by atoms with Crippen molar-refractivity contribution in [1.29, 1.82) is 0 Å². The molecular formula is C15H24N2O2. The Labute approximate surface area is 115 Å². The maximum Gasteiger partial charge on any atom is 0.408 e. The van der Waals surface area contributed by atoms with E-state index in [1.807, 2.05) is 45.9 Å². The first-order chi connectivity index (χ1) is 8.81. The molecule has 0 aliphatic heterocycles. The number of ether oxygens (including phenoxy) is 1. The van der Waals surface area contributed by atoms with Crippen LogP contribution in [0.25, 0.3) is 0 Å². The molecule has 1 rings (SSSR count). The Morgan fingerprint density at radius 1 is 1.42 bits per heavy atom. The molecule has 4 nitrogen and oxygen atoms in total. The standard InChI is InChI=1S/C15H24N2O2/c1-11(17-14(18)19-15(2,3)4)13-7-5-6-12(10-13)8-9-16/h5-7,10-11H,8-9,16H2,1-4H3,(H,17,18). The zero-order chi connectivity index (χ0) is 14.5. The number of alkyl carbamates (subject to hydrolysis) is 1. The lowest BCUT2D eigenvalue weighted by atomic mass is 10.0. The van der Waals surface area contributed by atoms with Gasteiger partial charge in [0.15, 0.2) is 0 Å². The highest BCUT2D eigenvalue weighted by Crippen LogP contribution is 2.15. The zero-order valence-corrected chi connectivity index (χ0v) is 12.2. The zero-order valence-electron chi connectivity index (χ0n) is 12.2. The van der Waals surface area contributed by atoms with E-state index < -0.39 is 11.7 Å². The van der Waals surface area contributed by atoms with Gasteiger partial charge >= 0.3 is 6.09 Å². The van der Waals surface area contributed by atoms with E-state index >= 15 is 0 Å². The van der Waals surface area contributed by atoms with E-state index in [-0.39, 0.29) is 6.04 Å². The van der Waals surface area contributed by atoms with Crippen LogP contribution < -0.4 is 11.1 Å². The molecule has 1 atom stereocenters. The summed E-state index contributed by atoms with van der Waals surface area (Å²) in [6.45, 7) is 8.10. The maximum absolute atomic E-state index is 11.7. The van der Waals surface area contributed by atoms with Gasteiger partial charge in [0, 0.05) is 0 Å². The number of amides is 1. The summed E-state index contributed by atoms with van der Waals surface area (Å²) in [5.74, 6) is 0. The predicted molar refractivity (Wildman–Crippen MR) is 77.0 cm³/mol. The molecule has 0 radical (unpaired) electrons. The van der Waals surface area contributed by atoms with Crippen LogP contribution in [0.2, 0.25) is 0 Å². The molecule has 4 heteroatoms. The molecule has 19 heavy (non-hydrogen) atoms.